The van der Waals surface area contributed by atoms with Gasteiger partial charge in [-0.1, -0.05) is 25.1 Å². The van der Waals surface area contributed by atoms with Gasteiger partial charge in [0.1, 0.15) is 5.82 Å². The number of hydrogen-bond donors (Lipinski definition) is 1. The minimum absolute atomic E-state index is 0.759. The van der Waals surface area contributed by atoms with Crippen molar-refractivity contribution in [1.29, 1.82) is 0 Å². The number of aromatic nitrogens is 2. The van der Waals surface area contributed by atoms with E-state index < -0.39 is 0 Å². The third kappa shape index (κ3) is 2.40. The molecule has 2 aromatic rings. The highest BCUT2D eigenvalue weighted by Gasteiger charge is 2.23. The summed E-state index contributed by atoms with van der Waals surface area (Å²) in [5, 5.41) is 3.18. The number of benzene rings is 1. The zero-order valence-corrected chi connectivity index (χ0v) is 12.4. The summed E-state index contributed by atoms with van der Waals surface area (Å²) in [6.07, 6.45) is 3.57. The quantitative estimate of drug-likeness (QED) is 0.912. The predicted octanol–water partition coefficient (Wildman–Crippen LogP) is 3.93. The first kappa shape index (κ1) is 13.1. The molecule has 1 fully saturated rings. The topological polar surface area (TPSA) is 37.8 Å². The number of anilines is 1. The second-order valence-electron chi connectivity index (χ2n) is 5.47. The van der Waals surface area contributed by atoms with E-state index in [1.165, 1.54) is 18.4 Å². The van der Waals surface area contributed by atoms with Gasteiger partial charge in [0.25, 0.3) is 0 Å². The summed E-state index contributed by atoms with van der Waals surface area (Å²) in [5.41, 5.74) is 4.82. The molecule has 0 radical (unpaired) electrons. The van der Waals surface area contributed by atoms with Gasteiger partial charge in [0, 0.05) is 23.9 Å². The lowest BCUT2D eigenvalue weighted by Gasteiger charge is -2.11. The van der Waals surface area contributed by atoms with E-state index >= 15 is 0 Å². The van der Waals surface area contributed by atoms with Gasteiger partial charge in [-0.25, -0.2) is 9.97 Å². The van der Waals surface area contributed by atoms with Crippen LogP contribution in [0, 0.1) is 6.92 Å². The molecule has 0 amide bonds. The minimum atomic E-state index is 0.759. The van der Waals surface area contributed by atoms with Crippen LogP contribution < -0.4 is 5.32 Å². The number of nitrogens with zero attached hydrogens (tertiary/aromatic N) is 2. The van der Waals surface area contributed by atoms with E-state index in [1.54, 1.807) is 0 Å². The molecule has 0 spiro atoms. The third-order valence-electron chi connectivity index (χ3n) is 4.01. The molecule has 0 unspecified atom stereocenters. The van der Waals surface area contributed by atoms with Crippen molar-refractivity contribution in [2.24, 2.45) is 0 Å². The number of aryl methyl sites for hydroxylation is 1. The Kier molecular flexibility index (Phi) is 3.43. The van der Waals surface area contributed by atoms with E-state index in [0.29, 0.717) is 0 Å². The molecule has 1 saturated carbocycles. The van der Waals surface area contributed by atoms with E-state index in [-0.39, 0.29) is 0 Å². The van der Waals surface area contributed by atoms with Gasteiger partial charge in [-0.05, 0) is 43.7 Å². The van der Waals surface area contributed by atoms with Crippen LogP contribution >= 0.6 is 0 Å². The molecular formula is C17H21N3. The Labute approximate surface area is 120 Å². The molecule has 20 heavy (non-hydrogen) atoms. The summed E-state index contributed by atoms with van der Waals surface area (Å²) in [7, 11) is 1.92. The summed E-state index contributed by atoms with van der Waals surface area (Å²) in [6.45, 7) is 4.22. The zero-order chi connectivity index (χ0) is 14.1. The number of rotatable bonds is 4. The molecule has 1 aromatic heterocycles. The predicted molar refractivity (Wildman–Crippen MR) is 83.1 cm³/mol. The summed E-state index contributed by atoms with van der Waals surface area (Å²) < 4.78 is 0. The molecule has 3 nitrogen and oxygen atoms in total. The first-order chi connectivity index (χ1) is 9.72. The standard InChI is InChI=1S/C17H21N3/c1-4-15-11(2)16(18-3)20-17(19-15)14-7-5-6-13(10-14)12-8-9-12/h5-7,10,12H,4,8-9H2,1-3H3,(H,18,19,20). The van der Waals surface area contributed by atoms with Crippen LogP contribution in [0.15, 0.2) is 24.3 Å². The SMILES string of the molecule is CCc1nc(-c2cccc(C3CC3)c2)nc(NC)c1C. The van der Waals surface area contributed by atoms with Crippen LogP contribution in [0.4, 0.5) is 5.82 Å². The van der Waals surface area contributed by atoms with Crippen molar-refractivity contribution in [2.75, 3.05) is 12.4 Å². The molecule has 1 N–H and O–H groups in total. The fraction of sp³-hybridized carbons (Fsp3) is 0.412. The molecule has 0 saturated heterocycles. The first-order valence-electron chi connectivity index (χ1n) is 7.38. The van der Waals surface area contributed by atoms with Crippen molar-refractivity contribution in [3.8, 4) is 11.4 Å². The van der Waals surface area contributed by atoms with Crippen LogP contribution in [0.25, 0.3) is 11.4 Å². The fourth-order valence-electron chi connectivity index (χ4n) is 2.63. The highest BCUT2D eigenvalue weighted by Crippen LogP contribution is 2.40. The van der Waals surface area contributed by atoms with E-state index in [1.807, 2.05) is 7.05 Å². The maximum Gasteiger partial charge on any atom is 0.161 e. The van der Waals surface area contributed by atoms with Gasteiger partial charge < -0.3 is 5.32 Å². The van der Waals surface area contributed by atoms with Crippen LogP contribution in [0.5, 0.6) is 0 Å². The van der Waals surface area contributed by atoms with E-state index in [2.05, 4.69) is 48.4 Å². The van der Waals surface area contributed by atoms with Gasteiger partial charge in [0.15, 0.2) is 5.82 Å². The van der Waals surface area contributed by atoms with E-state index in [9.17, 15) is 0 Å². The zero-order valence-electron chi connectivity index (χ0n) is 12.4. The second kappa shape index (κ2) is 5.23. The molecule has 104 valence electrons. The van der Waals surface area contributed by atoms with Crippen molar-refractivity contribution < 1.29 is 0 Å². The Morgan fingerprint density at radius 2 is 2.05 bits per heavy atom. The summed E-state index contributed by atoms with van der Waals surface area (Å²) in [5.74, 6) is 2.53. The van der Waals surface area contributed by atoms with Crippen LogP contribution in [0.3, 0.4) is 0 Å². The third-order valence-corrected chi connectivity index (χ3v) is 4.01. The van der Waals surface area contributed by atoms with E-state index in [0.717, 1.165) is 40.8 Å². The van der Waals surface area contributed by atoms with Crippen LogP contribution in [0.1, 0.15) is 42.5 Å². The Bertz CT molecular complexity index is 605. The summed E-state index contributed by atoms with van der Waals surface area (Å²) in [6, 6.07) is 8.70. The van der Waals surface area contributed by atoms with Gasteiger partial charge in [0.2, 0.25) is 0 Å². The monoisotopic (exact) mass is 267 g/mol. The van der Waals surface area contributed by atoms with Crippen molar-refractivity contribution in [3.05, 3.63) is 41.1 Å². The lowest BCUT2D eigenvalue weighted by atomic mass is 10.1. The Morgan fingerprint density at radius 3 is 2.70 bits per heavy atom. The molecule has 0 bridgehead atoms. The average molecular weight is 267 g/mol. The van der Waals surface area contributed by atoms with Crippen molar-refractivity contribution in [2.45, 2.75) is 39.0 Å². The highest BCUT2D eigenvalue weighted by molar-refractivity contribution is 5.61. The Morgan fingerprint density at radius 1 is 1.25 bits per heavy atom. The maximum atomic E-state index is 4.74. The highest BCUT2D eigenvalue weighted by atomic mass is 15.0. The molecule has 1 aliphatic rings. The van der Waals surface area contributed by atoms with Crippen LogP contribution in [-0.4, -0.2) is 17.0 Å². The van der Waals surface area contributed by atoms with Gasteiger partial charge >= 0.3 is 0 Å². The molecule has 1 heterocycles. The molecule has 0 atom stereocenters. The molecule has 0 aliphatic heterocycles. The minimum Gasteiger partial charge on any atom is -0.373 e. The van der Waals surface area contributed by atoms with Gasteiger partial charge in [-0.3, -0.25) is 0 Å². The van der Waals surface area contributed by atoms with Gasteiger partial charge in [-0.15, -0.1) is 0 Å². The lowest BCUT2D eigenvalue weighted by Crippen LogP contribution is -2.04. The van der Waals surface area contributed by atoms with Crippen molar-refractivity contribution in [1.82, 2.24) is 9.97 Å². The molecule has 3 heteroatoms. The van der Waals surface area contributed by atoms with Crippen LogP contribution in [-0.2, 0) is 6.42 Å². The normalized spacial score (nSPS) is 14.3. The summed E-state index contributed by atoms with van der Waals surface area (Å²) >= 11 is 0. The molecule has 3 rings (SSSR count). The van der Waals surface area contributed by atoms with Gasteiger partial charge in [-0.2, -0.15) is 0 Å². The van der Waals surface area contributed by atoms with E-state index in [4.69, 9.17) is 4.98 Å². The van der Waals surface area contributed by atoms with Gasteiger partial charge in [0.05, 0.1) is 0 Å². The lowest BCUT2D eigenvalue weighted by molar-refractivity contribution is 0.976. The van der Waals surface area contributed by atoms with Crippen molar-refractivity contribution >= 4 is 5.82 Å². The molecular weight excluding hydrogens is 246 g/mol. The van der Waals surface area contributed by atoms with Crippen molar-refractivity contribution in [3.63, 3.8) is 0 Å². The smallest absolute Gasteiger partial charge is 0.161 e. The molecule has 1 aliphatic carbocycles. The Hall–Kier alpha value is -1.90. The largest absolute Gasteiger partial charge is 0.373 e. The number of nitrogens with one attached hydrogen (secondary N) is 1. The maximum absolute atomic E-state index is 4.74. The first-order valence-corrected chi connectivity index (χ1v) is 7.38. The Balaban J connectivity index is 2.06. The fourth-order valence-corrected chi connectivity index (χ4v) is 2.63. The second-order valence-corrected chi connectivity index (χ2v) is 5.47. The number of hydrogen-bond acceptors (Lipinski definition) is 3. The average Bonchev–Trinajstić information content (AvgIpc) is 3.32. The summed E-state index contributed by atoms with van der Waals surface area (Å²) in [4.78, 5) is 9.41. The van der Waals surface area contributed by atoms with Crippen LogP contribution in [0.2, 0.25) is 0 Å². The molecule has 1 aromatic carbocycles.